The molecule has 0 atom stereocenters. The largest absolute Gasteiger partial charge is 0.396 e. The number of aryl methyl sites for hydroxylation is 2. The molecule has 0 aliphatic heterocycles. The molecule has 7 heteroatoms. The number of nitrogens with one attached hydrogen (secondary N) is 1. The Labute approximate surface area is 90.0 Å². The first-order valence-electron chi connectivity index (χ1n) is 4.81. The predicted molar refractivity (Wildman–Crippen MR) is 57.4 cm³/mol. The van der Waals surface area contributed by atoms with Gasteiger partial charge in [0, 0.05) is 20.5 Å². The van der Waals surface area contributed by atoms with Gasteiger partial charge in [-0.15, -0.1) is 0 Å². The van der Waals surface area contributed by atoms with E-state index >= 15 is 0 Å². The number of aromatic amines is 1. The maximum atomic E-state index is 11.6. The second-order valence-corrected chi connectivity index (χ2v) is 3.55. The van der Waals surface area contributed by atoms with Crippen molar-refractivity contribution in [3.8, 4) is 0 Å². The van der Waals surface area contributed by atoms with Crippen LogP contribution in [0.15, 0.2) is 9.59 Å². The van der Waals surface area contributed by atoms with E-state index in [1.807, 2.05) is 0 Å². The van der Waals surface area contributed by atoms with Crippen molar-refractivity contribution in [1.82, 2.24) is 19.1 Å². The first-order valence-corrected chi connectivity index (χ1v) is 4.81. The molecule has 0 unspecified atom stereocenters. The third kappa shape index (κ3) is 1.36. The number of aromatic nitrogens is 4. The number of aliphatic hydroxyl groups is 1. The topological polar surface area (TPSA) is 92.9 Å². The lowest BCUT2D eigenvalue weighted by atomic mass is 10.4. The molecule has 0 bridgehead atoms. The highest BCUT2D eigenvalue weighted by atomic mass is 16.3. The zero-order chi connectivity index (χ0) is 11.9. The van der Waals surface area contributed by atoms with Crippen LogP contribution in [0.2, 0.25) is 0 Å². The van der Waals surface area contributed by atoms with E-state index in [-0.39, 0.29) is 6.61 Å². The average Bonchev–Trinajstić information content (AvgIpc) is 2.55. The minimum atomic E-state index is -0.494. The van der Waals surface area contributed by atoms with Crippen molar-refractivity contribution in [3.05, 3.63) is 26.7 Å². The van der Waals surface area contributed by atoms with Gasteiger partial charge >= 0.3 is 5.69 Å². The third-order valence-corrected chi connectivity index (χ3v) is 2.56. The summed E-state index contributed by atoms with van der Waals surface area (Å²) in [5.74, 6) is 0.573. The number of fused-ring (bicyclic) bond motifs is 1. The number of H-pyrrole nitrogens is 1. The minimum absolute atomic E-state index is 0.0526. The minimum Gasteiger partial charge on any atom is -0.396 e. The fraction of sp³-hybridized carbons (Fsp3) is 0.444. The van der Waals surface area contributed by atoms with Crippen LogP contribution in [-0.4, -0.2) is 30.8 Å². The molecule has 0 aromatic carbocycles. The molecule has 16 heavy (non-hydrogen) atoms. The van der Waals surface area contributed by atoms with Crippen LogP contribution >= 0.6 is 0 Å². The number of imidazole rings is 1. The Morgan fingerprint density at radius 2 is 2.00 bits per heavy atom. The molecule has 2 aromatic heterocycles. The van der Waals surface area contributed by atoms with E-state index in [1.165, 1.54) is 11.6 Å². The lowest BCUT2D eigenvalue weighted by molar-refractivity contribution is 0.295. The van der Waals surface area contributed by atoms with Crippen molar-refractivity contribution in [2.75, 3.05) is 6.61 Å². The molecule has 2 aromatic rings. The van der Waals surface area contributed by atoms with Gasteiger partial charge in [0.2, 0.25) is 0 Å². The molecule has 2 rings (SSSR count). The van der Waals surface area contributed by atoms with Gasteiger partial charge < -0.3 is 9.67 Å². The summed E-state index contributed by atoms with van der Waals surface area (Å²) < 4.78 is 2.86. The molecule has 0 aliphatic rings. The normalized spacial score (nSPS) is 11.2. The Morgan fingerprint density at radius 1 is 1.31 bits per heavy atom. The predicted octanol–water partition coefficient (Wildman–Crippen LogP) is -1.50. The van der Waals surface area contributed by atoms with E-state index in [9.17, 15) is 9.59 Å². The van der Waals surface area contributed by atoms with Crippen LogP contribution in [0.5, 0.6) is 0 Å². The average molecular weight is 224 g/mol. The lowest BCUT2D eigenvalue weighted by Crippen LogP contribution is -2.29. The first kappa shape index (κ1) is 10.6. The zero-order valence-electron chi connectivity index (χ0n) is 9.02. The molecule has 0 radical (unpaired) electrons. The molecule has 2 N–H and O–H groups in total. The van der Waals surface area contributed by atoms with Crippen molar-refractivity contribution in [3.63, 3.8) is 0 Å². The number of aliphatic hydroxyl groups excluding tert-OH is 1. The molecule has 86 valence electrons. The maximum absolute atomic E-state index is 11.6. The molecule has 0 spiro atoms. The Kier molecular flexibility index (Phi) is 2.39. The van der Waals surface area contributed by atoms with Crippen molar-refractivity contribution in [2.45, 2.75) is 6.42 Å². The van der Waals surface area contributed by atoms with Crippen molar-refractivity contribution >= 4 is 11.2 Å². The Hall–Kier alpha value is -1.89. The molecule has 0 saturated carbocycles. The van der Waals surface area contributed by atoms with Gasteiger partial charge in [0.15, 0.2) is 11.2 Å². The van der Waals surface area contributed by atoms with Crippen LogP contribution in [0, 0.1) is 0 Å². The highest BCUT2D eigenvalue weighted by Crippen LogP contribution is 2.08. The van der Waals surface area contributed by atoms with Gasteiger partial charge in [0.05, 0.1) is 6.61 Å². The summed E-state index contributed by atoms with van der Waals surface area (Å²) >= 11 is 0. The fourth-order valence-corrected chi connectivity index (χ4v) is 1.68. The molecule has 2 heterocycles. The third-order valence-electron chi connectivity index (χ3n) is 2.56. The Bertz CT molecular complexity index is 649. The second-order valence-electron chi connectivity index (χ2n) is 3.55. The van der Waals surface area contributed by atoms with E-state index in [4.69, 9.17) is 5.11 Å². The summed E-state index contributed by atoms with van der Waals surface area (Å²) in [4.78, 5) is 29.3. The summed E-state index contributed by atoms with van der Waals surface area (Å²) in [6, 6.07) is 0. The standard InChI is InChI=1S/C9H12N4O3/c1-12-5(3-4-14)10-7-6(12)8(15)11-9(16)13(7)2/h14H,3-4H2,1-2H3,(H,11,15,16). The van der Waals surface area contributed by atoms with Crippen LogP contribution < -0.4 is 11.2 Å². The zero-order valence-corrected chi connectivity index (χ0v) is 9.02. The van der Waals surface area contributed by atoms with Gasteiger partial charge in [-0.25, -0.2) is 9.78 Å². The lowest BCUT2D eigenvalue weighted by Gasteiger charge is -1.98. The fourth-order valence-electron chi connectivity index (χ4n) is 1.68. The van der Waals surface area contributed by atoms with Crippen molar-refractivity contribution < 1.29 is 5.11 Å². The SMILES string of the molecule is Cn1c(CCO)nc2c1c(=O)[nH]c(=O)n2C. The van der Waals surface area contributed by atoms with E-state index in [0.29, 0.717) is 23.4 Å². The van der Waals surface area contributed by atoms with Gasteiger partial charge in [-0.2, -0.15) is 0 Å². The van der Waals surface area contributed by atoms with Crippen LogP contribution in [0.3, 0.4) is 0 Å². The smallest absolute Gasteiger partial charge is 0.329 e. The second kappa shape index (κ2) is 3.60. The summed E-state index contributed by atoms with van der Waals surface area (Å²) in [7, 11) is 3.22. The first-order chi connectivity index (χ1) is 7.56. The summed E-state index contributed by atoms with van der Waals surface area (Å²) in [6.07, 6.45) is 0.346. The van der Waals surface area contributed by atoms with Gasteiger partial charge in [-0.1, -0.05) is 0 Å². The molecular weight excluding hydrogens is 212 g/mol. The Balaban J connectivity index is 2.91. The van der Waals surface area contributed by atoms with E-state index in [2.05, 4.69) is 9.97 Å². The number of hydrogen-bond donors (Lipinski definition) is 2. The molecule has 0 aliphatic carbocycles. The molecular formula is C9H12N4O3. The Morgan fingerprint density at radius 3 is 2.62 bits per heavy atom. The summed E-state index contributed by atoms with van der Waals surface area (Å²) in [6.45, 7) is -0.0526. The van der Waals surface area contributed by atoms with Crippen LogP contribution in [0.25, 0.3) is 11.2 Å². The monoisotopic (exact) mass is 224 g/mol. The highest BCUT2D eigenvalue weighted by Gasteiger charge is 2.13. The molecule has 0 fully saturated rings. The maximum Gasteiger partial charge on any atom is 0.329 e. The number of hydrogen-bond acceptors (Lipinski definition) is 4. The summed E-state index contributed by atoms with van der Waals surface area (Å²) in [5, 5.41) is 8.85. The van der Waals surface area contributed by atoms with E-state index < -0.39 is 11.2 Å². The van der Waals surface area contributed by atoms with Crippen LogP contribution in [-0.2, 0) is 20.5 Å². The quantitative estimate of drug-likeness (QED) is 0.649. The van der Waals surface area contributed by atoms with E-state index in [1.54, 1.807) is 11.6 Å². The summed E-state index contributed by atoms with van der Waals surface area (Å²) in [5.41, 5.74) is -0.284. The molecule has 0 amide bonds. The van der Waals surface area contributed by atoms with E-state index in [0.717, 1.165) is 0 Å². The van der Waals surface area contributed by atoms with Gasteiger partial charge in [-0.3, -0.25) is 14.3 Å². The van der Waals surface area contributed by atoms with Gasteiger partial charge in [-0.05, 0) is 0 Å². The number of rotatable bonds is 2. The number of nitrogens with zero attached hydrogens (tertiary/aromatic N) is 3. The van der Waals surface area contributed by atoms with Gasteiger partial charge in [0.25, 0.3) is 5.56 Å². The van der Waals surface area contributed by atoms with Crippen molar-refractivity contribution in [1.29, 1.82) is 0 Å². The van der Waals surface area contributed by atoms with Crippen LogP contribution in [0.1, 0.15) is 5.82 Å². The highest BCUT2D eigenvalue weighted by molar-refractivity contribution is 5.70. The van der Waals surface area contributed by atoms with Crippen LogP contribution in [0.4, 0.5) is 0 Å². The van der Waals surface area contributed by atoms with Crippen molar-refractivity contribution in [2.24, 2.45) is 14.1 Å². The van der Waals surface area contributed by atoms with Gasteiger partial charge in [0.1, 0.15) is 5.82 Å². The molecule has 0 saturated heterocycles. The molecule has 7 nitrogen and oxygen atoms in total.